The van der Waals surface area contributed by atoms with Crippen molar-refractivity contribution < 1.29 is 17.7 Å². The van der Waals surface area contributed by atoms with E-state index in [0.29, 0.717) is 36.6 Å². The van der Waals surface area contributed by atoms with Gasteiger partial charge in [0.25, 0.3) is 0 Å². The largest absolute Gasteiger partial charge is 0.360 e. The summed E-state index contributed by atoms with van der Waals surface area (Å²) < 4.78 is 32.2. The minimum absolute atomic E-state index is 0.0508. The van der Waals surface area contributed by atoms with Crippen LogP contribution in [0.15, 0.2) is 33.7 Å². The van der Waals surface area contributed by atoms with Crippen molar-refractivity contribution in [3.8, 4) is 0 Å². The van der Waals surface area contributed by atoms with Gasteiger partial charge in [-0.15, -0.1) is 0 Å². The molecule has 0 aliphatic carbocycles. The predicted molar refractivity (Wildman–Crippen MR) is 96.2 cm³/mol. The van der Waals surface area contributed by atoms with Gasteiger partial charge in [0.1, 0.15) is 16.6 Å². The van der Waals surface area contributed by atoms with Gasteiger partial charge in [-0.2, -0.15) is 4.31 Å². The monoisotopic (exact) mass is 397 g/mol. The molecule has 7 nitrogen and oxygen atoms in total. The zero-order valence-electron chi connectivity index (χ0n) is 14.5. The minimum Gasteiger partial charge on any atom is -0.360 e. The molecule has 1 amide bonds. The number of nitrogens with one attached hydrogen (secondary N) is 1. The van der Waals surface area contributed by atoms with E-state index in [2.05, 4.69) is 10.5 Å². The third-order valence-electron chi connectivity index (χ3n) is 4.42. The van der Waals surface area contributed by atoms with E-state index >= 15 is 0 Å². The van der Waals surface area contributed by atoms with E-state index in [1.165, 1.54) is 4.31 Å². The first-order valence-corrected chi connectivity index (χ1v) is 10.1. The van der Waals surface area contributed by atoms with Crippen LogP contribution in [0.1, 0.15) is 29.9 Å². The molecule has 1 atom stereocenters. The third kappa shape index (κ3) is 3.62. The molecule has 140 valence electrons. The number of carbonyl (C=O) groups excluding carboxylic acids is 1. The fraction of sp³-hybridized carbons (Fsp3) is 0.412. The molecule has 1 N–H and O–H groups in total. The summed E-state index contributed by atoms with van der Waals surface area (Å²) in [6, 6.07) is 6.38. The van der Waals surface area contributed by atoms with E-state index in [9.17, 15) is 13.2 Å². The van der Waals surface area contributed by atoms with Crippen molar-refractivity contribution in [3.05, 3.63) is 46.3 Å². The van der Waals surface area contributed by atoms with E-state index in [0.717, 1.165) is 5.56 Å². The molecular weight excluding hydrogens is 378 g/mol. The molecule has 2 heterocycles. The lowest BCUT2D eigenvalue weighted by Crippen LogP contribution is -2.45. The Balaban J connectivity index is 1.75. The van der Waals surface area contributed by atoms with Crippen LogP contribution in [0.2, 0.25) is 5.02 Å². The highest BCUT2D eigenvalue weighted by Crippen LogP contribution is 2.29. The second kappa shape index (κ2) is 7.38. The highest BCUT2D eigenvalue weighted by molar-refractivity contribution is 7.89. The molecule has 0 saturated carbocycles. The Labute approximate surface area is 157 Å². The summed E-state index contributed by atoms with van der Waals surface area (Å²) in [7, 11) is -3.84. The lowest BCUT2D eigenvalue weighted by molar-refractivity contribution is -0.124. The first-order chi connectivity index (χ1) is 12.3. The number of sulfonamides is 1. The van der Waals surface area contributed by atoms with Gasteiger partial charge in [0.05, 0.1) is 0 Å². The van der Waals surface area contributed by atoms with Crippen LogP contribution >= 0.6 is 11.6 Å². The second-order valence-corrected chi connectivity index (χ2v) is 8.54. The molecule has 1 aliphatic rings. The summed E-state index contributed by atoms with van der Waals surface area (Å²) in [5.74, 6) is -0.0810. The van der Waals surface area contributed by atoms with Crippen LogP contribution in [-0.4, -0.2) is 36.4 Å². The van der Waals surface area contributed by atoms with Crippen molar-refractivity contribution in [2.75, 3.05) is 6.54 Å². The van der Waals surface area contributed by atoms with Crippen molar-refractivity contribution in [1.82, 2.24) is 14.8 Å². The molecule has 1 aromatic carbocycles. The lowest BCUT2D eigenvalue weighted by Gasteiger charge is -2.23. The molecule has 9 heteroatoms. The maximum Gasteiger partial charge on any atom is 0.249 e. The maximum absolute atomic E-state index is 13.0. The fourth-order valence-corrected chi connectivity index (χ4v) is 5.24. The summed E-state index contributed by atoms with van der Waals surface area (Å²) in [4.78, 5) is 12.7. The number of hydrogen-bond donors (Lipinski definition) is 1. The number of carbonyl (C=O) groups is 1. The quantitative estimate of drug-likeness (QED) is 0.836. The summed E-state index contributed by atoms with van der Waals surface area (Å²) >= 11 is 5.85. The molecule has 3 rings (SSSR count). The standard InChI is InChI=1S/C17H20ClN3O4S/c1-11-16(12(2)25-20-11)26(23,24)21-9-3-4-15(21)17(22)19-10-13-5-7-14(18)8-6-13/h5-8,15H,3-4,9-10H2,1-2H3,(H,19,22)/t15-/m1/s1. The van der Waals surface area contributed by atoms with Crippen LogP contribution in [0.3, 0.4) is 0 Å². The fourth-order valence-electron chi connectivity index (χ4n) is 3.16. The van der Waals surface area contributed by atoms with Crippen LogP contribution in [0.4, 0.5) is 0 Å². The Hall–Kier alpha value is -1.90. The number of rotatable bonds is 5. The summed E-state index contributed by atoms with van der Waals surface area (Å²) in [5, 5.41) is 7.14. The number of nitrogens with zero attached hydrogens (tertiary/aromatic N) is 2. The highest BCUT2D eigenvalue weighted by atomic mass is 35.5. The molecule has 1 aliphatic heterocycles. The lowest BCUT2D eigenvalue weighted by atomic mass is 10.2. The molecule has 1 fully saturated rings. The van der Waals surface area contributed by atoms with Crippen molar-refractivity contribution >= 4 is 27.5 Å². The SMILES string of the molecule is Cc1noc(C)c1S(=O)(=O)N1CCC[C@@H]1C(=O)NCc1ccc(Cl)cc1. The van der Waals surface area contributed by atoms with Gasteiger partial charge in [0.2, 0.25) is 15.9 Å². The molecule has 1 aromatic heterocycles. The molecule has 1 saturated heterocycles. The summed E-state index contributed by atoms with van der Waals surface area (Å²) in [5.41, 5.74) is 1.19. The summed E-state index contributed by atoms with van der Waals surface area (Å²) in [6.45, 7) is 3.74. The van der Waals surface area contributed by atoms with Gasteiger partial charge in [-0.25, -0.2) is 8.42 Å². The Kier molecular flexibility index (Phi) is 5.36. The Morgan fingerprint density at radius 1 is 1.35 bits per heavy atom. The normalized spacial score (nSPS) is 18.2. The minimum atomic E-state index is -3.84. The van der Waals surface area contributed by atoms with Crippen molar-refractivity contribution in [3.63, 3.8) is 0 Å². The molecule has 0 bridgehead atoms. The predicted octanol–water partition coefficient (Wildman–Crippen LogP) is 2.41. The second-order valence-electron chi connectivity index (χ2n) is 6.27. The topological polar surface area (TPSA) is 92.5 Å². The first-order valence-electron chi connectivity index (χ1n) is 8.27. The average molecular weight is 398 g/mol. The molecule has 26 heavy (non-hydrogen) atoms. The van der Waals surface area contributed by atoms with Crippen molar-refractivity contribution in [2.24, 2.45) is 0 Å². The number of hydrogen-bond acceptors (Lipinski definition) is 5. The molecule has 0 radical (unpaired) electrons. The Morgan fingerprint density at radius 2 is 2.04 bits per heavy atom. The first kappa shape index (κ1) is 18.9. The maximum atomic E-state index is 13.0. The highest BCUT2D eigenvalue weighted by Gasteiger charge is 2.41. The number of aryl methyl sites for hydroxylation is 2. The van der Waals surface area contributed by atoms with E-state index < -0.39 is 16.1 Å². The Bertz CT molecular complexity index is 889. The van der Waals surface area contributed by atoms with Gasteiger partial charge in [0, 0.05) is 18.1 Å². The number of aromatic nitrogens is 1. The smallest absolute Gasteiger partial charge is 0.249 e. The van der Waals surface area contributed by atoms with Gasteiger partial charge in [-0.1, -0.05) is 28.9 Å². The van der Waals surface area contributed by atoms with Gasteiger partial charge in [0.15, 0.2) is 5.76 Å². The number of benzene rings is 1. The van der Waals surface area contributed by atoms with Crippen LogP contribution in [-0.2, 0) is 21.4 Å². The number of amides is 1. The molecule has 2 aromatic rings. The van der Waals surface area contributed by atoms with Gasteiger partial charge < -0.3 is 9.84 Å². The molecular formula is C17H20ClN3O4S. The van der Waals surface area contributed by atoms with Crippen LogP contribution in [0, 0.1) is 13.8 Å². The van der Waals surface area contributed by atoms with Crippen LogP contribution in [0.5, 0.6) is 0 Å². The van der Waals surface area contributed by atoms with E-state index in [-0.39, 0.29) is 16.6 Å². The van der Waals surface area contributed by atoms with E-state index in [1.54, 1.807) is 26.0 Å². The summed E-state index contributed by atoms with van der Waals surface area (Å²) in [6.07, 6.45) is 1.11. The average Bonchev–Trinajstić information content (AvgIpc) is 3.21. The zero-order chi connectivity index (χ0) is 18.9. The van der Waals surface area contributed by atoms with Crippen molar-refractivity contribution in [2.45, 2.75) is 44.2 Å². The van der Waals surface area contributed by atoms with E-state index in [1.807, 2.05) is 12.1 Å². The van der Waals surface area contributed by atoms with Gasteiger partial charge >= 0.3 is 0 Å². The molecule has 0 unspecified atom stereocenters. The van der Waals surface area contributed by atoms with Gasteiger partial charge in [-0.3, -0.25) is 4.79 Å². The number of halogens is 1. The van der Waals surface area contributed by atoms with E-state index in [4.69, 9.17) is 16.1 Å². The Morgan fingerprint density at radius 3 is 2.65 bits per heavy atom. The third-order valence-corrected chi connectivity index (χ3v) is 6.83. The van der Waals surface area contributed by atoms with Crippen LogP contribution < -0.4 is 5.32 Å². The van der Waals surface area contributed by atoms with Gasteiger partial charge in [-0.05, 0) is 44.4 Å². The zero-order valence-corrected chi connectivity index (χ0v) is 16.1. The van der Waals surface area contributed by atoms with Crippen molar-refractivity contribution in [1.29, 1.82) is 0 Å². The van der Waals surface area contributed by atoms with Crippen LogP contribution in [0.25, 0.3) is 0 Å². The molecule has 0 spiro atoms.